The van der Waals surface area contributed by atoms with E-state index in [0.717, 1.165) is 66.1 Å². The molecule has 0 aliphatic carbocycles. The molecule has 4 heteroatoms. The minimum absolute atomic E-state index is 0.897. The van der Waals surface area contributed by atoms with Crippen molar-refractivity contribution in [2.24, 2.45) is 0 Å². The zero-order chi connectivity index (χ0) is 45.3. The molecule has 0 aliphatic rings. The lowest BCUT2D eigenvalue weighted by atomic mass is 9.88. The molecule has 0 saturated carbocycles. The lowest BCUT2D eigenvalue weighted by Crippen LogP contribution is -1.93. The van der Waals surface area contributed by atoms with Gasteiger partial charge in [0.25, 0.3) is 0 Å². The fraction of sp³-hybridized carbons (Fsp3) is 0. The number of fused-ring (bicyclic) bond motifs is 18. The number of aromatic nitrogens is 2. The van der Waals surface area contributed by atoms with Gasteiger partial charge in [-0.25, -0.2) is 0 Å². The number of benzene rings is 11. The van der Waals surface area contributed by atoms with Crippen molar-refractivity contribution in [3.8, 4) is 44.5 Å². The molecular weight excluding hydrogens is 853 g/mol. The number of para-hydroxylation sites is 6. The first kappa shape index (κ1) is 36.7. The smallest absolute Gasteiger partial charge is 0.143 e. The molecule has 17 rings (SSSR count). The van der Waals surface area contributed by atoms with Crippen molar-refractivity contribution in [2.45, 2.75) is 0 Å². The van der Waals surface area contributed by atoms with Gasteiger partial charge < -0.3 is 17.6 Å². The van der Waals surface area contributed by atoms with E-state index in [1.54, 1.807) is 0 Å². The van der Waals surface area contributed by atoms with Crippen LogP contribution in [-0.4, -0.2) is 8.80 Å². The number of furan rings is 2. The third-order valence-corrected chi connectivity index (χ3v) is 15.5. The van der Waals surface area contributed by atoms with Crippen LogP contribution < -0.4 is 0 Å². The predicted octanol–water partition coefficient (Wildman–Crippen LogP) is 18.5. The van der Waals surface area contributed by atoms with Crippen LogP contribution in [0.5, 0.6) is 0 Å². The summed E-state index contributed by atoms with van der Waals surface area (Å²) in [6, 6.07) is 79.9. The molecule has 6 aromatic heterocycles. The Hall–Kier alpha value is -9.38. The van der Waals surface area contributed by atoms with Crippen molar-refractivity contribution in [3.05, 3.63) is 218 Å². The van der Waals surface area contributed by atoms with E-state index in [0.29, 0.717) is 0 Å². The molecule has 0 N–H and O–H groups in total. The average Bonchev–Trinajstić information content (AvgIpc) is 4.28. The fourth-order valence-electron chi connectivity index (χ4n) is 12.8. The van der Waals surface area contributed by atoms with Crippen LogP contribution in [0.4, 0.5) is 0 Å². The van der Waals surface area contributed by atoms with E-state index in [9.17, 15) is 0 Å². The maximum Gasteiger partial charge on any atom is 0.143 e. The summed E-state index contributed by atoms with van der Waals surface area (Å²) in [5.74, 6) is 0. The zero-order valence-corrected chi connectivity index (χ0v) is 37.5. The van der Waals surface area contributed by atoms with Gasteiger partial charge in [-0.1, -0.05) is 170 Å². The van der Waals surface area contributed by atoms with Gasteiger partial charge in [0, 0.05) is 86.9 Å². The van der Waals surface area contributed by atoms with Crippen LogP contribution in [0.15, 0.2) is 227 Å². The lowest BCUT2D eigenvalue weighted by Gasteiger charge is -2.16. The molecule has 6 heterocycles. The van der Waals surface area contributed by atoms with Gasteiger partial charge in [0.05, 0.1) is 33.1 Å². The molecule has 11 aromatic carbocycles. The van der Waals surface area contributed by atoms with Crippen LogP contribution in [0.1, 0.15) is 0 Å². The highest BCUT2D eigenvalue weighted by Gasteiger charge is 2.32. The quantitative estimate of drug-likeness (QED) is 0.176. The second-order valence-corrected chi connectivity index (χ2v) is 19.0. The number of nitrogens with zero attached hydrogens (tertiary/aromatic N) is 2. The van der Waals surface area contributed by atoms with E-state index in [2.05, 4.69) is 227 Å². The average molecular weight is 889 g/mol. The van der Waals surface area contributed by atoms with Crippen LogP contribution in [0.3, 0.4) is 0 Å². The van der Waals surface area contributed by atoms with E-state index >= 15 is 0 Å². The second-order valence-electron chi connectivity index (χ2n) is 19.0. The van der Waals surface area contributed by atoms with Gasteiger partial charge in [0.15, 0.2) is 0 Å². The lowest BCUT2D eigenvalue weighted by molar-refractivity contribution is 0.669. The SMILES string of the molecule is c1ccc(-c2c3c4cc(-c5cccc6c5oc5ccccc56)cc5c6ccccc6n(c3c(-c3ccccc3)c3c6cc(-c7cccc8c7oc7ccccc78)cc7c8ccccc8n(c23)c76)c54)cc1. The molecule has 0 radical (unpaired) electrons. The minimum atomic E-state index is 0.897. The largest absolute Gasteiger partial charge is 0.455 e. The van der Waals surface area contributed by atoms with Crippen molar-refractivity contribution in [1.82, 2.24) is 8.80 Å². The standard InChI is InChI=1S/C66H36N2O2/c1-3-17-37(18-4-1)57-59-51-35-39(41-25-15-27-47-45-23-9-13-31-55(45)69-65(41)47)33-49-44-22-8-12-30-54(44)68(61(49)51)64(59)58(38-19-5-2-6-20-38)60-52-36-40(34-50-43-21-7-11-29-53(43)67(62(50)52)63(57)60)42-26-16-28-48-46-24-10-14-32-56(46)70-66(42)48/h1-36H. The molecule has 4 nitrogen and oxygen atoms in total. The summed E-state index contributed by atoms with van der Waals surface area (Å²) in [7, 11) is 0. The molecule has 17 aromatic rings. The summed E-state index contributed by atoms with van der Waals surface area (Å²) < 4.78 is 18.7. The molecule has 0 spiro atoms. The molecule has 0 saturated heterocycles. The van der Waals surface area contributed by atoms with Gasteiger partial charge >= 0.3 is 0 Å². The fourth-order valence-corrected chi connectivity index (χ4v) is 12.8. The Kier molecular flexibility index (Phi) is 6.92. The minimum Gasteiger partial charge on any atom is -0.455 e. The van der Waals surface area contributed by atoms with E-state index in [4.69, 9.17) is 8.83 Å². The second kappa shape index (κ2) is 13.2. The summed E-state index contributed by atoms with van der Waals surface area (Å²) >= 11 is 0. The molecule has 322 valence electrons. The summed E-state index contributed by atoms with van der Waals surface area (Å²) in [5.41, 5.74) is 20.1. The van der Waals surface area contributed by atoms with E-state index in [1.165, 1.54) is 98.4 Å². The molecule has 0 amide bonds. The highest BCUT2D eigenvalue weighted by Crippen LogP contribution is 2.55. The molecule has 0 atom stereocenters. The molecule has 0 fully saturated rings. The van der Waals surface area contributed by atoms with Crippen LogP contribution in [0.25, 0.3) is 165 Å². The number of hydrogen-bond donors (Lipinski definition) is 0. The van der Waals surface area contributed by atoms with Gasteiger partial charge in [0.2, 0.25) is 0 Å². The van der Waals surface area contributed by atoms with Crippen LogP contribution in [-0.2, 0) is 0 Å². The normalized spacial score (nSPS) is 12.6. The first-order chi connectivity index (χ1) is 34.8. The highest BCUT2D eigenvalue weighted by atomic mass is 16.3. The van der Waals surface area contributed by atoms with Crippen LogP contribution in [0.2, 0.25) is 0 Å². The van der Waals surface area contributed by atoms with Gasteiger partial charge in [-0.15, -0.1) is 0 Å². The summed E-state index contributed by atoms with van der Waals surface area (Å²) in [4.78, 5) is 0. The molecule has 0 unspecified atom stereocenters. The Morgan fingerprint density at radius 2 is 0.629 bits per heavy atom. The Morgan fingerprint density at radius 3 is 1.09 bits per heavy atom. The van der Waals surface area contributed by atoms with Crippen molar-refractivity contribution < 1.29 is 8.83 Å². The van der Waals surface area contributed by atoms with Crippen LogP contribution >= 0.6 is 0 Å². The first-order valence-corrected chi connectivity index (χ1v) is 24.1. The highest BCUT2D eigenvalue weighted by molar-refractivity contribution is 6.39. The Bertz CT molecular complexity index is 4730. The van der Waals surface area contributed by atoms with Crippen molar-refractivity contribution in [1.29, 1.82) is 0 Å². The Balaban J connectivity index is 1.13. The van der Waals surface area contributed by atoms with Crippen molar-refractivity contribution in [2.75, 3.05) is 0 Å². The number of hydrogen-bond acceptors (Lipinski definition) is 2. The molecular formula is C66H36N2O2. The van der Waals surface area contributed by atoms with Crippen molar-refractivity contribution in [3.63, 3.8) is 0 Å². The maximum atomic E-state index is 6.77. The molecule has 70 heavy (non-hydrogen) atoms. The monoisotopic (exact) mass is 888 g/mol. The number of rotatable bonds is 4. The summed E-state index contributed by atoms with van der Waals surface area (Å²) in [5, 5.41) is 14.3. The van der Waals surface area contributed by atoms with E-state index in [1.807, 2.05) is 0 Å². The predicted molar refractivity (Wildman–Crippen MR) is 292 cm³/mol. The van der Waals surface area contributed by atoms with Gasteiger partial charge in [-0.05, 0) is 70.8 Å². The van der Waals surface area contributed by atoms with Gasteiger partial charge in [0.1, 0.15) is 22.3 Å². The third-order valence-electron chi connectivity index (χ3n) is 15.5. The van der Waals surface area contributed by atoms with Crippen LogP contribution in [0, 0.1) is 0 Å². The van der Waals surface area contributed by atoms with Gasteiger partial charge in [-0.3, -0.25) is 0 Å². The Morgan fingerprint density at radius 1 is 0.257 bits per heavy atom. The maximum absolute atomic E-state index is 6.77. The topological polar surface area (TPSA) is 35.1 Å². The van der Waals surface area contributed by atoms with Crippen molar-refractivity contribution >= 4 is 120 Å². The van der Waals surface area contributed by atoms with Gasteiger partial charge in [-0.2, -0.15) is 0 Å². The molecule has 0 aliphatic heterocycles. The summed E-state index contributed by atoms with van der Waals surface area (Å²) in [6.45, 7) is 0. The Labute approximate surface area is 398 Å². The molecule has 0 bridgehead atoms. The zero-order valence-electron chi connectivity index (χ0n) is 37.5. The van der Waals surface area contributed by atoms with E-state index in [-0.39, 0.29) is 0 Å². The summed E-state index contributed by atoms with van der Waals surface area (Å²) in [6.07, 6.45) is 0. The third kappa shape index (κ3) is 4.56. The first-order valence-electron chi connectivity index (χ1n) is 24.1. The van der Waals surface area contributed by atoms with E-state index < -0.39 is 0 Å².